The zero-order valence-corrected chi connectivity index (χ0v) is 11.5. The number of hydrogen-bond donors (Lipinski definition) is 1. The molecule has 0 radical (unpaired) electrons. The van der Waals surface area contributed by atoms with E-state index in [0.29, 0.717) is 29.2 Å². The van der Waals surface area contributed by atoms with Crippen molar-refractivity contribution in [3.05, 3.63) is 35.1 Å². The van der Waals surface area contributed by atoms with Crippen LogP contribution in [0.25, 0.3) is 0 Å². The van der Waals surface area contributed by atoms with E-state index in [4.69, 9.17) is 5.73 Å². The van der Waals surface area contributed by atoms with Gasteiger partial charge >= 0.3 is 0 Å². The topological polar surface area (TPSA) is 46.3 Å². The Balaban J connectivity index is 2.03. The molecule has 2 N–H and O–H groups in total. The van der Waals surface area contributed by atoms with Crippen LogP contribution in [-0.2, 0) is 17.3 Å². The van der Waals surface area contributed by atoms with Gasteiger partial charge in [0.05, 0.1) is 6.54 Å². The molecule has 0 unspecified atom stereocenters. The summed E-state index contributed by atoms with van der Waals surface area (Å²) in [6.45, 7) is 2.36. The van der Waals surface area contributed by atoms with E-state index in [1.807, 2.05) is 6.07 Å². The molecule has 1 fully saturated rings. The summed E-state index contributed by atoms with van der Waals surface area (Å²) in [5.41, 5.74) is 6.58. The van der Waals surface area contributed by atoms with Crippen molar-refractivity contribution in [2.24, 2.45) is 5.73 Å². The highest BCUT2D eigenvalue weighted by Crippen LogP contribution is 2.14. The third-order valence-electron chi connectivity index (χ3n) is 3.05. The zero-order valence-electron chi connectivity index (χ0n) is 10.7. The second kappa shape index (κ2) is 6.80. The standard InChI is InChI=1S/C14H17FN2OS/c15-14-10-12(2-1-5-16)3-4-13(14)11-17-6-8-19(18)9-7-17/h3-4,10H,5-9,11,16H2. The maximum Gasteiger partial charge on any atom is 0.128 e. The average molecular weight is 280 g/mol. The molecule has 5 heteroatoms. The van der Waals surface area contributed by atoms with E-state index in [1.54, 1.807) is 6.07 Å². The van der Waals surface area contributed by atoms with E-state index in [2.05, 4.69) is 16.7 Å². The number of nitrogens with zero attached hydrogens (tertiary/aromatic N) is 1. The van der Waals surface area contributed by atoms with Gasteiger partial charge < -0.3 is 5.73 Å². The van der Waals surface area contributed by atoms with Crippen molar-refractivity contribution in [1.29, 1.82) is 0 Å². The number of benzene rings is 1. The molecule has 0 saturated carbocycles. The summed E-state index contributed by atoms with van der Waals surface area (Å²) in [7, 11) is -0.697. The Bertz CT molecular complexity index is 526. The van der Waals surface area contributed by atoms with Crippen LogP contribution in [-0.4, -0.2) is 40.2 Å². The molecule has 0 amide bonds. The van der Waals surface area contributed by atoms with Crippen LogP contribution in [0.4, 0.5) is 4.39 Å². The molecular weight excluding hydrogens is 263 g/mol. The molecule has 0 aliphatic carbocycles. The number of hydrogen-bond acceptors (Lipinski definition) is 3. The molecular formula is C14H17FN2OS. The zero-order chi connectivity index (χ0) is 13.7. The quantitative estimate of drug-likeness (QED) is 0.811. The fourth-order valence-corrected chi connectivity index (χ4v) is 3.11. The number of rotatable bonds is 2. The summed E-state index contributed by atoms with van der Waals surface area (Å²) >= 11 is 0. The Labute approximate surface area is 115 Å². The van der Waals surface area contributed by atoms with Crippen LogP contribution in [0.5, 0.6) is 0 Å². The van der Waals surface area contributed by atoms with E-state index in [1.165, 1.54) is 6.07 Å². The Morgan fingerprint density at radius 2 is 2.11 bits per heavy atom. The highest BCUT2D eigenvalue weighted by molar-refractivity contribution is 7.85. The smallest absolute Gasteiger partial charge is 0.128 e. The van der Waals surface area contributed by atoms with Gasteiger partial charge in [0.25, 0.3) is 0 Å². The maximum absolute atomic E-state index is 13.9. The molecule has 2 rings (SSSR count). The van der Waals surface area contributed by atoms with Crippen LogP contribution in [0, 0.1) is 17.7 Å². The van der Waals surface area contributed by atoms with Crippen LogP contribution in [0.1, 0.15) is 11.1 Å². The van der Waals surface area contributed by atoms with Crippen LogP contribution in [0.2, 0.25) is 0 Å². The molecule has 1 heterocycles. The van der Waals surface area contributed by atoms with Crippen molar-refractivity contribution in [3.63, 3.8) is 0 Å². The Morgan fingerprint density at radius 1 is 1.37 bits per heavy atom. The molecule has 1 aliphatic rings. The molecule has 1 saturated heterocycles. The first-order valence-corrected chi connectivity index (χ1v) is 7.72. The second-order valence-corrected chi connectivity index (χ2v) is 6.13. The van der Waals surface area contributed by atoms with E-state index >= 15 is 0 Å². The molecule has 0 bridgehead atoms. The largest absolute Gasteiger partial charge is 0.320 e. The Kier molecular flexibility index (Phi) is 5.08. The van der Waals surface area contributed by atoms with Gasteiger partial charge in [0.2, 0.25) is 0 Å². The van der Waals surface area contributed by atoms with E-state index in [-0.39, 0.29) is 12.4 Å². The number of nitrogens with two attached hydrogens (primary N) is 1. The molecule has 102 valence electrons. The minimum Gasteiger partial charge on any atom is -0.320 e. The van der Waals surface area contributed by atoms with Crippen molar-refractivity contribution in [2.75, 3.05) is 31.1 Å². The van der Waals surface area contributed by atoms with Crippen LogP contribution >= 0.6 is 0 Å². The first-order chi connectivity index (χ1) is 9.19. The lowest BCUT2D eigenvalue weighted by Gasteiger charge is -2.26. The van der Waals surface area contributed by atoms with Gasteiger partial charge in [-0.3, -0.25) is 9.11 Å². The van der Waals surface area contributed by atoms with Gasteiger partial charge in [-0.1, -0.05) is 17.9 Å². The SMILES string of the molecule is NCC#Cc1ccc(CN2CCS(=O)CC2)c(F)c1. The first-order valence-electron chi connectivity index (χ1n) is 6.24. The van der Waals surface area contributed by atoms with E-state index in [9.17, 15) is 8.60 Å². The highest BCUT2D eigenvalue weighted by Gasteiger charge is 2.16. The molecule has 1 aromatic rings. The van der Waals surface area contributed by atoms with Crippen LogP contribution in [0.3, 0.4) is 0 Å². The summed E-state index contributed by atoms with van der Waals surface area (Å²) in [6.07, 6.45) is 0. The van der Waals surface area contributed by atoms with Gasteiger partial charge in [0.15, 0.2) is 0 Å². The van der Waals surface area contributed by atoms with E-state index < -0.39 is 10.8 Å². The summed E-state index contributed by atoms with van der Waals surface area (Å²) in [5, 5.41) is 0. The predicted octanol–water partition coefficient (Wildman–Crippen LogP) is 0.700. The lowest BCUT2D eigenvalue weighted by atomic mass is 10.1. The van der Waals surface area contributed by atoms with Crippen molar-refractivity contribution in [2.45, 2.75) is 6.54 Å². The average Bonchev–Trinajstić information content (AvgIpc) is 2.41. The van der Waals surface area contributed by atoms with Gasteiger partial charge in [-0.2, -0.15) is 0 Å². The lowest BCUT2D eigenvalue weighted by molar-refractivity contribution is 0.287. The summed E-state index contributed by atoms with van der Waals surface area (Å²) < 4.78 is 25.2. The fourth-order valence-electron chi connectivity index (χ4n) is 1.98. The van der Waals surface area contributed by atoms with Crippen molar-refractivity contribution < 1.29 is 8.60 Å². The third kappa shape index (κ3) is 4.13. The second-order valence-electron chi connectivity index (χ2n) is 4.44. The third-order valence-corrected chi connectivity index (χ3v) is 4.33. The highest BCUT2D eigenvalue weighted by atomic mass is 32.2. The maximum atomic E-state index is 13.9. The molecule has 1 aromatic carbocycles. The first kappa shape index (κ1) is 14.2. The molecule has 0 atom stereocenters. The molecule has 1 aliphatic heterocycles. The van der Waals surface area contributed by atoms with E-state index in [0.717, 1.165) is 13.1 Å². The lowest BCUT2D eigenvalue weighted by Crippen LogP contribution is -2.37. The van der Waals surface area contributed by atoms with Gasteiger partial charge in [0.1, 0.15) is 5.82 Å². The van der Waals surface area contributed by atoms with Crippen molar-refractivity contribution >= 4 is 10.8 Å². The van der Waals surface area contributed by atoms with Gasteiger partial charge in [-0.05, 0) is 12.1 Å². The van der Waals surface area contributed by atoms with Crippen LogP contribution in [0.15, 0.2) is 18.2 Å². The van der Waals surface area contributed by atoms with Gasteiger partial charge in [0, 0.05) is 53.1 Å². The molecule has 3 nitrogen and oxygen atoms in total. The summed E-state index contributed by atoms with van der Waals surface area (Å²) in [6, 6.07) is 5.02. The summed E-state index contributed by atoms with van der Waals surface area (Å²) in [5.74, 6) is 6.64. The van der Waals surface area contributed by atoms with Gasteiger partial charge in [-0.25, -0.2) is 4.39 Å². The summed E-state index contributed by atoms with van der Waals surface area (Å²) in [4.78, 5) is 2.13. The fraction of sp³-hybridized carbons (Fsp3) is 0.429. The minimum absolute atomic E-state index is 0.240. The normalized spacial score (nSPS) is 16.9. The molecule has 0 aromatic heterocycles. The Hall–Kier alpha value is -1.22. The Morgan fingerprint density at radius 3 is 2.74 bits per heavy atom. The molecule has 0 spiro atoms. The van der Waals surface area contributed by atoms with Crippen LogP contribution < -0.4 is 5.73 Å². The molecule has 19 heavy (non-hydrogen) atoms. The van der Waals surface area contributed by atoms with Gasteiger partial charge in [-0.15, -0.1) is 0 Å². The predicted molar refractivity (Wildman–Crippen MR) is 75.5 cm³/mol. The minimum atomic E-state index is -0.697. The monoisotopic (exact) mass is 280 g/mol. The number of halogens is 1. The van der Waals surface area contributed by atoms with Crippen molar-refractivity contribution in [1.82, 2.24) is 4.90 Å². The van der Waals surface area contributed by atoms with Crippen molar-refractivity contribution in [3.8, 4) is 11.8 Å².